The number of piperidine rings is 1. The van der Waals surface area contributed by atoms with Crippen LogP contribution in [0.3, 0.4) is 0 Å². The molecule has 0 saturated carbocycles. The van der Waals surface area contributed by atoms with Crippen molar-refractivity contribution in [3.8, 4) is 0 Å². The van der Waals surface area contributed by atoms with Crippen molar-refractivity contribution in [1.82, 2.24) is 20.6 Å². The third kappa shape index (κ3) is 5.53. The number of hydrogen-bond donors (Lipinski definition) is 2. The molecule has 0 bridgehead atoms. The topological polar surface area (TPSA) is 87.2 Å². The highest BCUT2D eigenvalue weighted by molar-refractivity contribution is 5.97. The molecular weight excluding hydrogens is 366 g/mol. The molecular formula is C22H29N5O2. The first-order valence-electron chi connectivity index (χ1n) is 10.1. The molecule has 2 heterocycles. The number of hydrogen-bond acceptors (Lipinski definition) is 5. The fourth-order valence-electron chi connectivity index (χ4n) is 3.43. The van der Waals surface area contributed by atoms with Crippen LogP contribution in [-0.2, 0) is 4.79 Å². The molecule has 1 fully saturated rings. The Morgan fingerprint density at radius 2 is 1.69 bits per heavy atom. The molecule has 1 aliphatic heterocycles. The van der Waals surface area contributed by atoms with E-state index in [0.717, 1.165) is 37.4 Å². The number of nitrogens with one attached hydrogen (secondary N) is 2. The molecule has 1 unspecified atom stereocenters. The summed E-state index contributed by atoms with van der Waals surface area (Å²) in [6.07, 6.45) is 5.11. The Bertz CT molecular complexity index is 815. The summed E-state index contributed by atoms with van der Waals surface area (Å²) in [7, 11) is 0. The zero-order chi connectivity index (χ0) is 20.8. The monoisotopic (exact) mass is 395 g/mol. The van der Waals surface area contributed by atoms with Crippen molar-refractivity contribution >= 4 is 17.8 Å². The minimum absolute atomic E-state index is 0.0118. The van der Waals surface area contributed by atoms with Crippen LogP contribution in [0.15, 0.2) is 42.7 Å². The summed E-state index contributed by atoms with van der Waals surface area (Å²) in [5, 5.41) is 6.01. The largest absolute Gasteiger partial charge is 0.351 e. The Labute approximate surface area is 171 Å². The van der Waals surface area contributed by atoms with Crippen LogP contribution in [0.5, 0.6) is 0 Å². The lowest BCUT2D eigenvalue weighted by Crippen LogP contribution is -2.54. The van der Waals surface area contributed by atoms with Gasteiger partial charge in [-0.05, 0) is 43.9 Å². The minimum atomic E-state index is -0.570. The average Bonchev–Trinajstić information content (AvgIpc) is 2.73. The highest BCUT2D eigenvalue weighted by Crippen LogP contribution is 2.16. The van der Waals surface area contributed by atoms with E-state index in [-0.39, 0.29) is 23.8 Å². The first-order chi connectivity index (χ1) is 13.9. The van der Waals surface area contributed by atoms with Gasteiger partial charge in [0.05, 0.1) is 0 Å². The van der Waals surface area contributed by atoms with E-state index in [1.807, 2.05) is 32.9 Å². The molecule has 1 atom stereocenters. The first kappa shape index (κ1) is 20.8. The SMILES string of the molecule is Cc1ccc(C(=O)NC(C(=O)NC2CCN(c3ncccn3)CC2)C(C)C)cc1. The Morgan fingerprint density at radius 3 is 2.28 bits per heavy atom. The van der Waals surface area contributed by atoms with Crippen LogP contribution in [-0.4, -0.2) is 47.0 Å². The Hall–Kier alpha value is -2.96. The Balaban J connectivity index is 1.54. The highest BCUT2D eigenvalue weighted by atomic mass is 16.2. The van der Waals surface area contributed by atoms with Gasteiger partial charge < -0.3 is 15.5 Å². The van der Waals surface area contributed by atoms with Gasteiger partial charge in [0.2, 0.25) is 11.9 Å². The van der Waals surface area contributed by atoms with Gasteiger partial charge in [0.1, 0.15) is 6.04 Å². The molecule has 0 radical (unpaired) electrons. The van der Waals surface area contributed by atoms with E-state index in [0.29, 0.717) is 5.56 Å². The van der Waals surface area contributed by atoms with Crippen molar-refractivity contribution < 1.29 is 9.59 Å². The van der Waals surface area contributed by atoms with Crippen molar-refractivity contribution in [3.63, 3.8) is 0 Å². The van der Waals surface area contributed by atoms with Crippen LogP contribution in [0.2, 0.25) is 0 Å². The van der Waals surface area contributed by atoms with E-state index in [2.05, 4.69) is 25.5 Å². The lowest BCUT2D eigenvalue weighted by Gasteiger charge is -2.33. The maximum atomic E-state index is 12.9. The van der Waals surface area contributed by atoms with Crippen molar-refractivity contribution in [2.45, 2.75) is 45.7 Å². The molecule has 29 heavy (non-hydrogen) atoms. The van der Waals surface area contributed by atoms with Crippen molar-refractivity contribution in [1.29, 1.82) is 0 Å². The summed E-state index contributed by atoms with van der Waals surface area (Å²) in [5.41, 5.74) is 1.65. The van der Waals surface area contributed by atoms with E-state index in [4.69, 9.17) is 0 Å². The number of carbonyl (C=O) groups excluding carboxylic acids is 2. The molecule has 2 aromatic rings. The fourth-order valence-corrected chi connectivity index (χ4v) is 3.43. The zero-order valence-electron chi connectivity index (χ0n) is 17.3. The van der Waals surface area contributed by atoms with Crippen LogP contribution >= 0.6 is 0 Å². The number of aromatic nitrogens is 2. The maximum Gasteiger partial charge on any atom is 0.251 e. The number of aryl methyl sites for hydroxylation is 1. The van der Waals surface area contributed by atoms with Crippen LogP contribution in [0.4, 0.5) is 5.95 Å². The quantitative estimate of drug-likeness (QED) is 0.784. The van der Waals surface area contributed by atoms with E-state index in [1.165, 1.54) is 0 Å². The van der Waals surface area contributed by atoms with E-state index < -0.39 is 6.04 Å². The van der Waals surface area contributed by atoms with Crippen molar-refractivity contribution in [2.75, 3.05) is 18.0 Å². The van der Waals surface area contributed by atoms with E-state index in [1.54, 1.807) is 30.6 Å². The number of amides is 2. The normalized spacial score (nSPS) is 15.8. The van der Waals surface area contributed by atoms with Crippen LogP contribution in [0.25, 0.3) is 0 Å². The van der Waals surface area contributed by atoms with E-state index >= 15 is 0 Å². The van der Waals surface area contributed by atoms with Crippen LogP contribution in [0.1, 0.15) is 42.6 Å². The van der Waals surface area contributed by atoms with Crippen LogP contribution in [0, 0.1) is 12.8 Å². The smallest absolute Gasteiger partial charge is 0.251 e. The maximum absolute atomic E-state index is 12.9. The van der Waals surface area contributed by atoms with E-state index in [9.17, 15) is 9.59 Å². The number of anilines is 1. The number of nitrogens with zero attached hydrogens (tertiary/aromatic N) is 3. The van der Waals surface area contributed by atoms with Gasteiger partial charge in [-0.25, -0.2) is 9.97 Å². The fraction of sp³-hybridized carbons (Fsp3) is 0.455. The van der Waals surface area contributed by atoms with Crippen molar-refractivity contribution in [2.24, 2.45) is 5.92 Å². The zero-order valence-corrected chi connectivity index (χ0v) is 17.3. The predicted octanol–water partition coefficient (Wildman–Crippen LogP) is 2.32. The van der Waals surface area contributed by atoms with Gasteiger partial charge in [-0.1, -0.05) is 31.5 Å². The van der Waals surface area contributed by atoms with Gasteiger partial charge >= 0.3 is 0 Å². The minimum Gasteiger partial charge on any atom is -0.351 e. The number of benzene rings is 1. The average molecular weight is 396 g/mol. The second kappa shape index (κ2) is 9.49. The summed E-state index contributed by atoms with van der Waals surface area (Å²) < 4.78 is 0. The second-order valence-electron chi connectivity index (χ2n) is 7.88. The molecule has 0 aliphatic carbocycles. The Morgan fingerprint density at radius 1 is 1.07 bits per heavy atom. The standard InChI is InChI=1S/C22H29N5O2/c1-15(2)19(26-20(28)17-7-5-16(3)6-8-17)21(29)25-18-9-13-27(14-10-18)22-23-11-4-12-24-22/h4-8,11-12,15,18-19H,9-10,13-14H2,1-3H3,(H,25,29)(H,26,28). The molecule has 2 amide bonds. The molecule has 154 valence electrons. The lowest BCUT2D eigenvalue weighted by molar-refractivity contribution is -0.124. The van der Waals surface area contributed by atoms with Crippen molar-refractivity contribution in [3.05, 3.63) is 53.9 Å². The summed E-state index contributed by atoms with van der Waals surface area (Å²) >= 11 is 0. The van der Waals surface area contributed by atoms with Gasteiger partial charge in [-0.2, -0.15) is 0 Å². The molecule has 1 saturated heterocycles. The molecule has 3 rings (SSSR count). The van der Waals surface area contributed by atoms with Gasteiger partial charge in [0.25, 0.3) is 5.91 Å². The summed E-state index contributed by atoms with van der Waals surface area (Å²) in [6, 6.07) is 8.66. The molecule has 0 spiro atoms. The molecule has 7 nitrogen and oxygen atoms in total. The number of rotatable bonds is 6. The summed E-state index contributed by atoms with van der Waals surface area (Å²) in [6.45, 7) is 7.43. The van der Waals surface area contributed by atoms with Gasteiger partial charge in [-0.3, -0.25) is 9.59 Å². The number of carbonyl (C=O) groups is 2. The summed E-state index contributed by atoms with van der Waals surface area (Å²) in [5.74, 6) is 0.356. The summed E-state index contributed by atoms with van der Waals surface area (Å²) in [4.78, 5) is 36.1. The van der Waals surface area contributed by atoms with Gasteiger partial charge in [0, 0.05) is 37.1 Å². The Kier molecular flexibility index (Phi) is 6.80. The molecule has 1 aromatic carbocycles. The molecule has 1 aliphatic rings. The van der Waals surface area contributed by atoms with Crippen LogP contribution < -0.4 is 15.5 Å². The third-order valence-electron chi connectivity index (χ3n) is 5.23. The molecule has 7 heteroatoms. The predicted molar refractivity (Wildman–Crippen MR) is 113 cm³/mol. The van der Waals surface area contributed by atoms with Gasteiger partial charge in [-0.15, -0.1) is 0 Å². The third-order valence-corrected chi connectivity index (χ3v) is 5.23. The molecule has 1 aromatic heterocycles. The van der Waals surface area contributed by atoms with Gasteiger partial charge in [0.15, 0.2) is 0 Å². The first-order valence-corrected chi connectivity index (χ1v) is 10.1. The lowest BCUT2D eigenvalue weighted by atomic mass is 10.00. The highest BCUT2D eigenvalue weighted by Gasteiger charge is 2.28. The molecule has 2 N–H and O–H groups in total. The second-order valence-corrected chi connectivity index (χ2v) is 7.88.